The fraction of sp³-hybridized carbons (Fsp3) is 0.625. The summed E-state index contributed by atoms with van der Waals surface area (Å²) < 4.78 is 10.9. The van der Waals surface area contributed by atoms with Crippen LogP contribution < -0.4 is 5.32 Å². The first-order valence-electron chi connectivity index (χ1n) is 8.01. The van der Waals surface area contributed by atoms with Crippen LogP contribution in [0.25, 0.3) is 0 Å². The van der Waals surface area contributed by atoms with Gasteiger partial charge in [-0.2, -0.15) is 0 Å². The summed E-state index contributed by atoms with van der Waals surface area (Å²) in [6.45, 7) is 7.74. The molecule has 2 heterocycles. The lowest BCUT2D eigenvalue weighted by molar-refractivity contribution is -0.141. The molecule has 0 spiro atoms. The van der Waals surface area contributed by atoms with E-state index in [0.29, 0.717) is 5.69 Å². The van der Waals surface area contributed by atoms with Gasteiger partial charge in [0, 0.05) is 12.4 Å². The molecule has 0 aliphatic carbocycles. The minimum atomic E-state index is -0.779. The third kappa shape index (κ3) is 5.54. The summed E-state index contributed by atoms with van der Waals surface area (Å²) in [6.07, 6.45) is 1.73. The highest BCUT2D eigenvalue weighted by Crippen LogP contribution is 2.17. The number of nitrogens with one attached hydrogen (secondary N) is 1. The van der Waals surface area contributed by atoms with E-state index >= 15 is 0 Å². The Morgan fingerprint density at radius 1 is 1.40 bits per heavy atom. The van der Waals surface area contributed by atoms with E-state index in [2.05, 4.69) is 15.3 Å². The van der Waals surface area contributed by atoms with Crippen LogP contribution in [0.4, 0.5) is 4.79 Å². The van der Waals surface area contributed by atoms with Crippen molar-refractivity contribution in [2.75, 3.05) is 13.2 Å². The normalized spacial score (nSPS) is 20.9. The molecule has 9 heteroatoms. The predicted molar refractivity (Wildman–Crippen MR) is 91.0 cm³/mol. The molecule has 1 aliphatic heterocycles. The number of carbonyl (C=O) groups is 2. The van der Waals surface area contributed by atoms with E-state index in [-0.39, 0.29) is 36.8 Å². The average molecular weight is 371 g/mol. The van der Waals surface area contributed by atoms with Crippen LogP contribution in [0, 0.1) is 0 Å². The first-order chi connectivity index (χ1) is 11.7. The highest BCUT2D eigenvalue weighted by Gasteiger charge is 2.35. The van der Waals surface area contributed by atoms with Crippen LogP contribution in [0.3, 0.4) is 0 Å². The molecule has 8 nitrogen and oxygen atoms in total. The van der Waals surface area contributed by atoms with Crippen molar-refractivity contribution in [3.05, 3.63) is 23.2 Å². The minimum Gasteiger partial charge on any atom is -0.444 e. The number of rotatable bonds is 3. The van der Waals surface area contributed by atoms with Gasteiger partial charge < -0.3 is 19.7 Å². The lowest BCUT2D eigenvalue weighted by atomic mass is 10.2. The predicted octanol–water partition coefficient (Wildman–Crippen LogP) is 1.77. The van der Waals surface area contributed by atoms with Crippen LogP contribution in [0.2, 0.25) is 5.15 Å². The van der Waals surface area contributed by atoms with Gasteiger partial charge in [0.2, 0.25) is 0 Å². The highest BCUT2D eigenvalue weighted by molar-refractivity contribution is 6.29. The molecule has 0 aromatic carbocycles. The highest BCUT2D eigenvalue weighted by atomic mass is 35.5. The van der Waals surface area contributed by atoms with Gasteiger partial charge in [0.1, 0.15) is 5.60 Å². The van der Waals surface area contributed by atoms with Gasteiger partial charge in [0.25, 0.3) is 5.91 Å². The van der Waals surface area contributed by atoms with Crippen LogP contribution in [-0.2, 0) is 20.8 Å². The molecule has 1 aromatic heterocycles. The van der Waals surface area contributed by atoms with Crippen LogP contribution in [0.1, 0.15) is 33.4 Å². The third-order valence-electron chi connectivity index (χ3n) is 3.51. The molecular weight excluding hydrogens is 348 g/mol. The molecule has 1 saturated heterocycles. The quantitative estimate of drug-likeness (QED) is 0.871. The zero-order valence-corrected chi connectivity index (χ0v) is 15.5. The molecule has 1 N–H and O–H groups in total. The number of hydrogen-bond donors (Lipinski definition) is 1. The van der Waals surface area contributed by atoms with Crippen molar-refractivity contribution in [3.8, 4) is 0 Å². The molecule has 0 bridgehead atoms. The van der Waals surface area contributed by atoms with Crippen molar-refractivity contribution in [2.24, 2.45) is 0 Å². The number of halogens is 1. The van der Waals surface area contributed by atoms with E-state index in [9.17, 15) is 9.59 Å². The summed E-state index contributed by atoms with van der Waals surface area (Å²) >= 11 is 5.91. The number of nitrogens with zero attached hydrogens (tertiary/aromatic N) is 3. The molecule has 1 aromatic rings. The van der Waals surface area contributed by atoms with E-state index in [0.717, 1.165) is 0 Å². The molecule has 2 rings (SSSR count). The van der Waals surface area contributed by atoms with Crippen molar-refractivity contribution in [1.29, 1.82) is 0 Å². The number of ether oxygens (including phenoxy) is 2. The average Bonchev–Trinajstić information content (AvgIpc) is 2.52. The largest absolute Gasteiger partial charge is 0.444 e. The van der Waals surface area contributed by atoms with E-state index in [1.54, 1.807) is 20.8 Å². The Morgan fingerprint density at radius 2 is 2.08 bits per heavy atom. The number of carbonyl (C=O) groups excluding carboxylic acids is 2. The van der Waals surface area contributed by atoms with Crippen LogP contribution in [0.15, 0.2) is 12.4 Å². The number of hydrogen-bond acceptors (Lipinski definition) is 6. The van der Waals surface area contributed by atoms with Gasteiger partial charge in [-0.05, 0) is 27.7 Å². The Hall–Kier alpha value is -1.93. The van der Waals surface area contributed by atoms with Crippen molar-refractivity contribution in [3.63, 3.8) is 0 Å². The third-order valence-corrected chi connectivity index (χ3v) is 3.82. The Morgan fingerprint density at radius 3 is 2.72 bits per heavy atom. The SMILES string of the molecule is CC1COC(C(=O)NCc2nccnc2Cl)CN1C(=O)OC(C)(C)C. The van der Waals surface area contributed by atoms with Crippen molar-refractivity contribution < 1.29 is 19.1 Å². The second-order valence-electron chi connectivity index (χ2n) is 6.82. The topological polar surface area (TPSA) is 93.6 Å². The van der Waals surface area contributed by atoms with Gasteiger partial charge in [0.15, 0.2) is 11.3 Å². The fourth-order valence-corrected chi connectivity index (χ4v) is 2.42. The van der Waals surface area contributed by atoms with Crippen LogP contribution in [-0.4, -0.2) is 57.8 Å². The smallest absolute Gasteiger partial charge is 0.410 e. The zero-order chi connectivity index (χ0) is 18.6. The summed E-state index contributed by atoms with van der Waals surface area (Å²) in [7, 11) is 0. The lowest BCUT2D eigenvalue weighted by Gasteiger charge is -2.38. The molecule has 0 radical (unpaired) electrons. The summed E-state index contributed by atoms with van der Waals surface area (Å²) in [4.78, 5) is 34.1. The Balaban J connectivity index is 1.94. The van der Waals surface area contributed by atoms with E-state index in [1.807, 2.05) is 6.92 Å². The molecule has 2 atom stereocenters. The molecule has 2 unspecified atom stereocenters. The van der Waals surface area contributed by atoms with Gasteiger partial charge in [-0.3, -0.25) is 9.78 Å². The first-order valence-corrected chi connectivity index (χ1v) is 8.39. The monoisotopic (exact) mass is 370 g/mol. The second kappa shape index (κ2) is 7.97. The Labute approximate surface area is 151 Å². The van der Waals surface area contributed by atoms with Gasteiger partial charge in [-0.15, -0.1) is 0 Å². The van der Waals surface area contributed by atoms with Crippen LogP contribution in [0.5, 0.6) is 0 Å². The summed E-state index contributed by atoms with van der Waals surface area (Å²) in [5.41, 5.74) is -0.138. The molecule has 0 saturated carbocycles. The summed E-state index contributed by atoms with van der Waals surface area (Å²) in [6, 6.07) is -0.173. The number of morpholine rings is 1. The van der Waals surface area contributed by atoms with Gasteiger partial charge in [-0.25, -0.2) is 9.78 Å². The van der Waals surface area contributed by atoms with E-state index < -0.39 is 17.8 Å². The second-order valence-corrected chi connectivity index (χ2v) is 7.17. The van der Waals surface area contributed by atoms with Crippen LogP contribution >= 0.6 is 11.6 Å². The van der Waals surface area contributed by atoms with E-state index in [4.69, 9.17) is 21.1 Å². The van der Waals surface area contributed by atoms with Gasteiger partial charge in [-0.1, -0.05) is 11.6 Å². The Bertz CT molecular complexity index is 635. The Kier molecular flexibility index (Phi) is 6.18. The lowest BCUT2D eigenvalue weighted by Crippen LogP contribution is -2.56. The number of amides is 2. The maximum Gasteiger partial charge on any atom is 0.410 e. The molecule has 138 valence electrons. The zero-order valence-electron chi connectivity index (χ0n) is 14.8. The van der Waals surface area contributed by atoms with Crippen molar-refractivity contribution >= 4 is 23.6 Å². The molecular formula is C16H23ClN4O4. The van der Waals surface area contributed by atoms with Gasteiger partial charge in [0.05, 0.1) is 31.4 Å². The maximum absolute atomic E-state index is 12.3. The maximum atomic E-state index is 12.3. The molecule has 2 amide bonds. The van der Waals surface area contributed by atoms with Crippen molar-refractivity contribution in [2.45, 2.75) is 52.0 Å². The van der Waals surface area contributed by atoms with E-state index in [1.165, 1.54) is 17.3 Å². The summed E-state index contributed by atoms with van der Waals surface area (Å²) in [5.74, 6) is -0.345. The van der Waals surface area contributed by atoms with Gasteiger partial charge >= 0.3 is 6.09 Å². The molecule has 25 heavy (non-hydrogen) atoms. The number of aromatic nitrogens is 2. The molecule has 1 aliphatic rings. The standard InChI is InChI=1S/C16H23ClN4O4/c1-10-9-24-12(8-21(10)15(23)25-16(2,3)4)14(22)20-7-11-13(17)19-6-5-18-11/h5-6,10,12H,7-9H2,1-4H3,(H,20,22). The minimum absolute atomic E-state index is 0.121. The fourth-order valence-electron chi connectivity index (χ4n) is 2.24. The van der Waals surface area contributed by atoms with Crippen molar-refractivity contribution in [1.82, 2.24) is 20.2 Å². The summed E-state index contributed by atoms with van der Waals surface area (Å²) in [5, 5.41) is 2.94. The molecule has 1 fully saturated rings. The first kappa shape index (κ1) is 19.4.